The van der Waals surface area contributed by atoms with Crippen LogP contribution in [0.1, 0.15) is 37.9 Å². The highest BCUT2D eigenvalue weighted by Crippen LogP contribution is 2.31. The van der Waals surface area contributed by atoms with E-state index >= 15 is 0 Å². The fraction of sp³-hybridized carbons (Fsp3) is 0.600. The first kappa shape index (κ1) is 16.1. The molecule has 1 heterocycles. The molecule has 1 aliphatic rings. The van der Waals surface area contributed by atoms with Gasteiger partial charge in [0.05, 0.1) is 21.8 Å². The molecule has 1 aromatic rings. The molecule has 2 unspecified atom stereocenters. The second-order valence-corrected chi connectivity index (χ2v) is 6.61. The van der Waals surface area contributed by atoms with Crippen molar-refractivity contribution in [3.8, 4) is 0 Å². The smallest absolute Gasteiger partial charge is 0.0817 e. The molecular weight excluding hydrogens is 297 g/mol. The molecule has 0 spiro atoms. The van der Waals surface area contributed by atoms with Crippen LogP contribution >= 0.6 is 23.2 Å². The number of likely N-dealkylation sites (tertiary alicyclic amines) is 1. The molecule has 0 aromatic heterocycles. The second-order valence-electron chi connectivity index (χ2n) is 5.82. The van der Waals surface area contributed by atoms with Crippen LogP contribution in [0.2, 0.25) is 10.0 Å². The molecule has 112 valence electrons. The van der Waals surface area contributed by atoms with Crippen LogP contribution in [0.25, 0.3) is 0 Å². The van der Waals surface area contributed by atoms with Gasteiger partial charge in [-0.05, 0) is 38.8 Å². The molecule has 1 aromatic carbocycles. The normalized spacial score (nSPS) is 25.6. The van der Waals surface area contributed by atoms with Gasteiger partial charge in [-0.15, -0.1) is 0 Å². The molecule has 0 radical (unpaired) electrons. The van der Waals surface area contributed by atoms with Crippen LogP contribution in [0.5, 0.6) is 0 Å². The van der Waals surface area contributed by atoms with Gasteiger partial charge in [-0.25, -0.2) is 0 Å². The molecule has 3 nitrogen and oxygen atoms in total. The van der Waals surface area contributed by atoms with Crippen molar-refractivity contribution >= 4 is 23.2 Å². The van der Waals surface area contributed by atoms with Gasteiger partial charge in [-0.3, -0.25) is 0 Å². The SMILES string of the molecule is CC1(O)CCCN(CCC(O)c2cccc(Cl)c2Cl)C1. The van der Waals surface area contributed by atoms with E-state index in [9.17, 15) is 10.2 Å². The van der Waals surface area contributed by atoms with Crippen molar-refractivity contribution in [1.82, 2.24) is 4.90 Å². The number of hydrogen-bond acceptors (Lipinski definition) is 3. The average molecular weight is 318 g/mol. The minimum Gasteiger partial charge on any atom is -0.389 e. The molecule has 0 bridgehead atoms. The summed E-state index contributed by atoms with van der Waals surface area (Å²) < 4.78 is 0. The van der Waals surface area contributed by atoms with E-state index < -0.39 is 11.7 Å². The number of aliphatic hydroxyl groups is 2. The summed E-state index contributed by atoms with van der Waals surface area (Å²) in [7, 11) is 0. The van der Waals surface area contributed by atoms with Crippen molar-refractivity contribution in [3.63, 3.8) is 0 Å². The zero-order valence-electron chi connectivity index (χ0n) is 11.6. The summed E-state index contributed by atoms with van der Waals surface area (Å²) in [6.45, 7) is 4.22. The molecule has 1 aliphatic heterocycles. The third-order valence-corrected chi connectivity index (χ3v) is 4.65. The van der Waals surface area contributed by atoms with Crippen LogP contribution < -0.4 is 0 Å². The van der Waals surface area contributed by atoms with Gasteiger partial charge < -0.3 is 15.1 Å². The van der Waals surface area contributed by atoms with Crippen LogP contribution in [-0.4, -0.2) is 40.3 Å². The van der Waals surface area contributed by atoms with Gasteiger partial charge in [-0.1, -0.05) is 35.3 Å². The fourth-order valence-electron chi connectivity index (χ4n) is 2.75. The first-order valence-electron chi connectivity index (χ1n) is 6.96. The second kappa shape index (κ2) is 6.63. The molecule has 2 rings (SSSR count). The highest BCUT2D eigenvalue weighted by molar-refractivity contribution is 6.42. The van der Waals surface area contributed by atoms with E-state index in [4.69, 9.17) is 23.2 Å². The largest absolute Gasteiger partial charge is 0.389 e. The number of β-amino-alcohol motifs (C(OH)–C–C–N with tert-alkyl or cyclic N) is 1. The number of halogens is 2. The Morgan fingerprint density at radius 1 is 1.40 bits per heavy atom. The molecule has 0 aliphatic carbocycles. The van der Waals surface area contributed by atoms with Crippen molar-refractivity contribution in [2.24, 2.45) is 0 Å². The first-order chi connectivity index (χ1) is 9.39. The molecule has 1 saturated heterocycles. The lowest BCUT2D eigenvalue weighted by atomic mass is 9.95. The van der Waals surface area contributed by atoms with Gasteiger partial charge in [0, 0.05) is 18.7 Å². The summed E-state index contributed by atoms with van der Waals surface area (Å²) in [6, 6.07) is 5.30. The molecule has 2 atom stereocenters. The lowest BCUT2D eigenvalue weighted by molar-refractivity contribution is -0.0191. The monoisotopic (exact) mass is 317 g/mol. The quantitative estimate of drug-likeness (QED) is 0.895. The van der Waals surface area contributed by atoms with E-state index in [0.29, 0.717) is 28.6 Å². The van der Waals surface area contributed by atoms with E-state index in [0.717, 1.165) is 25.9 Å². The minimum atomic E-state index is -0.631. The lowest BCUT2D eigenvalue weighted by Crippen LogP contribution is -2.46. The average Bonchev–Trinajstić information content (AvgIpc) is 2.38. The molecule has 20 heavy (non-hydrogen) atoms. The third kappa shape index (κ3) is 4.09. The predicted molar refractivity (Wildman–Crippen MR) is 82.3 cm³/mol. The zero-order valence-corrected chi connectivity index (χ0v) is 13.2. The van der Waals surface area contributed by atoms with Gasteiger partial charge in [0.1, 0.15) is 0 Å². The van der Waals surface area contributed by atoms with E-state index in [2.05, 4.69) is 4.90 Å². The molecule has 1 fully saturated rings. The summed E-state index contributed by atoms with van der Waals surface area (Å²) in [5.41, 5.74) is 0.0552. The zero-order chi connectivity index (χ0) is 14.8. The minimum absolute atomic E-state index is 0.423. The highest BCUT2D eigenvalue weighted by Gasteiger charge is 2.28. The van der Waals surface area contributed by atoms with Crippen LogP contribution in [0.4, 0.5) is 0 Å². The van der Waals surface area contributed by atoms with Crippen molar-refractivity contribution in [3.05, 3.63) is 33.8 Å². The Morgan fingerprint density at radius 3 is 2.85 bits per heavy atom. The number of aliphatic hydroxyl groups excluding tert-OH is 1. The van der Waals surface area contributed by atoms with Crippen LogP contribution in [0, 0.1) is 0 Å². The van der Waals surface area contributed by atoms with E-state index in [-0.39, 0.29) is 0 Å². The Morgan fingerprint density at radius 2 is 2.15 bits per heavy atom. The Bertz CT molecular complexity index is 465. The predicted octanol–water partition coefficient (Wildman–Crippen LogP) is 3.26. The molecular formula is C15H21Cl2NO2. The maximum atomic E-state index is 10.3. The summed E-state index contributed by atoms with van der Waals surface area (Å²) >= 11 is 12.1. The van der Waals surface area contributed by atoms with Crippen molar-refractivity contribution in [1.29, 1.82) is 0 Å². The number of rotatable bonds is 4. The van der Waals surface area contributed by atoms with E-state index in [1.807, 2.05) is 6.92 Å². The number of nitrogens with zero attached hydrogens (tertiary/aromatic N) is 1. The van der Waals surface area contributed by atoms with Crippen molar-refractivity contribution in [2.75, 3.05) is 19.6 Å². The van der Waals surface area contributed by atoms with Crippen LogP contribution in [0.15, 0.2) is 18.2 Å². The molecule has 5 heteroatoms. The summed E-state index contributed by atoms with van der Waals surface area (Å²) in [6.07, 6.45) is 1.77. The Balaban J connectivity index is 1.92. The third-order valence-electron chi connectivity index (χ3n) is 3.81. The molecule has 0 saturated carbocycles. The van der Waals surface area contributed by atoms with Gasteiger partial charge in [0.2, 0.25) is 0 Å². The maximum Gasteiger partial charge on any atom is 0.0817 e. The topological polar surface area (TPSA) is 43.7 Å². The Kier molecular flexibility index (Phi) is 5.32. The van der Waals surface area contributed by atoms with E-state index in [1.165, 1.54) is 0 Å². The van der Waals surface area contributed by atoms with Gasteiger partial charge in [0.15, 0.2) is 0 Å². The molecule has 2 N–H and O–H groups in total. The summed E-state index contributed by atoms with van der Waals surface area (Å²) in [5, 5.41) is 21.2. The van der Waals surface area contributed by atoms with Crippen LogP contribution in [0.3, 0.4) is 0 Å². The summed E-state index contributed by atoms with van der Waals surface area (Å²) in [4.78, 5) is 2.19. The number of piperidine rings is 1. The summed E-state index contributed by atoms with van der Waals surface area (Å²) in [5.74, 6) is 0. The van der Waals surface area contributed by atoms with Crippen LogP contribution in [-0.2, 0) is 0 Å². The fourth-order valence-corrected chi connectivity index (χ4v) is 3.19. The lowest BCUT2D eigenvalue weighted by Gasteiger charge is -2.37. The van der Waals surface area contributed by atoms with Crippen molar-refractivity contribution < 1.29 is 10.2 Å². The van der Waals surface area contributed by atoms with Gasteiger partial charge in [0.25, 0.3) is 0 Å². The highest BCUT2D eigenvalue weighted by atomic mass is 35.5. The van der Waals surface area contributed by atoms with Gasteiger partial charge in [-0.2, -0.15) is 0 Å². The Labute approximate surface area is 130 Å². The van der Waals surface area contributed by atoms with E-state index in [1.54, 1.807) is 18.2 Å². The maximum absolute atomic E-state index is 10.3. The standard InChI is InChI=1S/C15H21Cl2NO2/c1-15(20)7-3-8-18(10-15)9-6-13(19)11-4-2-5-12(16)14(11)17/h2,4-5,13,19-20H,3,6-10H2,1H3. The number of benzene rings is 1. The Hall–Kier alpha value is -0.320. The van der Waals surface area contributed by atoms with Crippen molar-refractivity contribution in [2.45, 2.75) is 37.9 Å². The molecule has 0 amide bonds. The first-order valence-corrected chi connectivity index (χ1v) is 7.71. The van der Waals surface area contributed by atoms with Gasteiger partial charge >= 0.3 is 0 Å². The number of hydrogen-bond donors (Lipinski definition) is 2.